The van der Waals surface area contributed by atoms with Crippen LogP contribution in [0.4, 0.5) is 5.69 Å². The van der Waals surface area contributed by atoms with Gasteiger partial charge in [-0.25, -0.2) is 14.6 Å². The summed E-state index contributed by atoms with van der Waals surface area (Å²) in [4.78, 5) is 47.3. The van der Waals surface area contributed by atoms with E-state index in [1.165, 1.54) is 52.5 Å². The lowest BCUT2D eigenvalue weighted by atomic mass is 10.2. The molecule has 0 aliphatic carbocycles. The first kappa shape index (κ1) is 19.8. The Morgan fingerprint density at radius 1 is 1.19 bits per heavy atom. The van der Waals surface area contributed by atoms with E-state index in [-0.39, 0.29) is 35.9 Å². The summed E-state index contributed by atoms with van der Waals surface area (Å²) in [6.45, 7) is 0.699. The third-order valence-electron chi connectivity index (χ3n) is 4.50. The quantitative estimate of drug-likeness (QED) is 0.340. The van der Waals surface area contributed by atoms with E-state index in [9.17, 15) is 19.7 Å². The highest BCUT2D eigenvalue weighted by Gasteiger charge is 2.12. The molecule has 0 atom stereocenters. The Hall–Kier alpha value is -4.48. The Bertz CT molecular complexity index is 1320. The summed E-state index contributed by atoms with van der Waals surface area (Å²) in [6.07, 6.45) is 7.06. The summed E-state index contributed by atoms with van der Waals surface area (Å²) in [7, 11) is 0. The van der Waals surface area contributed by atoms with Gasteiger partial charge in [-0.2, -0.15) is 5.10 Å². The molecule has 3 aromatic heterocycles. The van der Waals surface area contributed by atoms with Crippen LogP contribution in [0.15, 0.2) is 60.2 Å². The molecule has 156 valence electrons. The van der Waals surface area contributed by atoms with Crippen LogP contribution in [0.1, 0.15) is 16.1 Å². The first-order valence-electron chi connectivity index (χ1n) is 9.21. The number of nitro benzene ring substituents is 1. The van der Waals surface area contributed by atoms with Crippen LogP contribution in [-0.4, -0.2) is 46.7 Å². The standard InChI is InChI=1S/C19H16N8O4/c28-18(16-10-20-4-5-21-16)22-6-7-26-17-15(9-24-26)19(29)25(12-23-17)11-13-2-1-3-14(8-13)27(30)31/h1-5,8-10,12H,6-7,11H2,(H,22,28). The molecule has 0 saturated heterocycles. The van der Waals surface area contributed by atoms with E-state index in [0.29, 0.717) is 23.1 Å². The average molecular weight is 420 g/mol. The molecule has 4 aromatic rings. The summed E-state index contributed by atoms with van der Waals surface area (Å²) in [5.41, 5.74) is 0.836. The maximum absolute atomic E-state index is 12.8. The van der Waals surface area contributed by atoms with Gasteiger partial charge in [-0.05, 0) is 5.56 Å². The SMILES string of the molecule is O=C(NCCn1ncc2c(=O)n(Cc3cccc([N+](=O)[O-])c3)cnc21)c1cnccn1. The van der Waals surface area contributed by atoms with Crippen LogP contribution in [0.5, 0.6) is 0 Å². The molecule has 0 bridgehead atoms. The van der Waals surface area contributed by atoms with Crippen LogP contribution in [0, 0.1) is 10.1 Å². The monoisotopic (exact) mass is 420 g/mol. The molecule has 31 heavy (non-hydrogen) atoms. The van der Waals surface area contributed by atoms with E-state index in [2.05, 4.69) is 25.4 Å². The molecular formula is C19H16N8O4. The lowest BCUT2D eigenvalue weighted by molar-refractivity contribution is -0.384. The number of amides is 1. The fourth-order valence-electron chi connectivity index (χ4n) is 3.02. The van der Waals surface area contributed by atoms with Crippen LogP contribution in [0.25, 0.3) is 11.0 Å². The number of nitro groups is 1. The third kappa shape index (κ3) is 4.27. The molecule has 12 nitrogen and oxygen atoms in total. The molecule has 0 spiro atoms. The van der Waals surface area contributed by atoms with Crippen molar-refractivity contribution in [3.8, 4) is 0 Å². The normalized spacial score (nSPS) is 10.8. The zero-order chi connectivity index (χ0) is 21.8. The van der Waals surface area contributed by atoms with Crippen LogP contribution in [0.3, 0.4) is 0 Å². The molecule has 0 unspecified atom stereocenters. The van der Waals surface area contributed by atoms with Gasteiger partial charge in [0.05, 0.1) is 30.4 Å². The predicted octanol–water partition coefficient (Wildman–Crippen LogP) is 0.769. The Balaban J connectivity index is 1.48. The number of fused-ring (bicyclic) bond motifs is 1. The van der Waals surface area contributed by atoms with Crippen molar-refractivity contribution in [2.45, 2.75) is 13.1 Å². The number of non-ortho nitro benzene ring substituents is 1. The highest BCUT2D eigenvalue weighted by atomic mass is 16.6. The predicted molar refractivity (Wildman–Crippen MR) is 108 cm³/mol. The van der Waals surface area contributed by atoms with Crippen molar-refractivity contribution >= 4 is 22.6 Å². The summed E-state index contributed by atoms with van der Waals surface area (Å²) < 4.78 is 2.88. The van der Waals surface area contributed by atoms with Gasteiger partial charge in [0, 0.05) is 31.1 Å². The zero-order valence-corrected chi connectivity index (χ0v) is 16.1. The molecule has 1 N–H and O–H groups in total. The molecule has 0 saturated carbocycles. The van der Waals surface area contributed by atoms with Crippen molar-refractivity contribution in [3.63, 3.8) is 0 Å². The number of hydrogen-bond donors (Lipinski definition) is 1. The fourth-order valence-corrected chi connectivity index (χ4v) is 3.02. The van der Waals surface area contributed by atoms with Gasteiger partial charge in [0.15, 0.2) is 5.65 Å². The van der Waals surface area contributed by atoms with Crippen molar-refractivity contribution in [2.75, 3.05) is 6.54 Å². The summed E-state index contributed by atoms with van der Waals surface area (Å²) in [5, 5.41) is 18.1. The Morgan fingerprint density at radius 3 is 2.84 bits per heavy atom. The number of aromatic nitrogens is 6. The van der Waals surface area contributed by atoms with Crippen molar-refractivity contribution in [1.29, 1.82) is 0 Å². The fraction of sp³-hybridized carbons (Fsp3) is 0.158. The van der Waals surface area contributed by atoms with E-state index in [1.54, 1.807) is 12.1 Å². The number of nitrogens with zero attached hydrogens (tertiary/aromatic N) is 7. The highest BCUT2D eigenvalue weighted by molar-refractivity contribution is 5.91. The highest BCUT2D eigenvalue weighted by Crippen LogP contribution is 2.14. The molecule has 0 aliphatic heterocycles. The van der Waals surface area contributed by atoms with Crippen molar-refractivity contribution < 1.29 is 9.72 Å². The molecular weight excluding hydrogens is 404 g/mol. The van der Waals surface area contributed by atoms with Gasteiger partial charge in [-0.3, -0.25) is 29.3 Å². The molecule has 1 amide bonds. The minimum atomic E-state index is -0.485. The largest absolute Gasteiger partial charge is 0.349 e. The second-order valence-electron chi connectivity index (χ2n) is 6.56. The van der Waals surface area contributed by atoms with E-state index < -0.39 is 4.92 Å². The van der Waals surface area contributed by atoms with Gasteiger partial charge in [0.25, 0.3) is 17.2 Å². The molecule has 0 aliphatic rings. The zero-order valence-electron chi connectivity index (χ0n) is 16.1. The van der Waals surface area contributed by atoms with Gasteiger partial charge in [-0.1, -0.05) is 12.1 Å². The lowest BCUT2D eigenvalue weighted by Gasteiger charge is -2.07. The van der Waals surface area contributed by atoms with E-state index in [4.69, 9.17) is 0 Å². The molecule has 3 heterocycles. The second kappa shape index (κ2) is 8.49. The summed E-state index contributed by atoms with van der Waals surface area (Å²) in [6, 6.07) is 6.07. The van der Waals surface area contributed by atoms with Crippen molar-refractivity contribution in [1.82, 2.24) is 34.6 Å². The van der Waals surface area contributed by atoms with E-state index >= 15 is 0 Å². The Morgan fingerprint density at radius 2 is 2.06 bits per heavy atom. The minimum absolute atomic E-state index is 0.0454. The van der Waals surface area contributed by atoms with Crippen molar-refractivity contribution in [3.05, 3.63) is 87.1 Å². The Labute approximate surface area is 174 Å². The first-order valence-corrected chi connectivity index (χ1v) is 9.21. The number of nitrogens with one attached hydrogen (secondary N) is 1. The van der Waals surface area contributed by atoms with Gasteiger partial charge in [-0.15, -0.1) is 0 Å². The summed E-state index contributed by atoms with van der Waals surface area (Å²) >= 11 is 0. The van der Waals surface area contributed by atoms with Gasteiger partial charge >= 0.3 is 0 Å². The number of hydrogen-bond acceptors (Lipinski definition) is 8. The average Bonchev–Trinajstić information content (AvgIpc) is 3.20. The number of rotatable bonds is 7. The van der Waals surface area contributed by atoms with Gasteiger partial charge in [0.1, 0.15) is 17.4 Å². The number of benzene rings is 1. The van der Waals surface area contributed by atoms with Crippen molar-refractivity contribution in [2.24, 2.45) is 0 Å². The third-order valence-corrected chi connectivity index (χ3v) is 4.50. The van der Waals surface area contributed by atoms with Gasteiger partial charge < -0.3 is 5.32 Å². The smallest absolute Gasteiger partial charge is 0.271 e. The maximum Gasteiger partial charge on any atom is 0.271 e. The molecule has 12 heteroatoms. The second-order valence-corrected chi connectivity index (χ2v) is 6.56. The lowest BCUT2D eigenvalue weighted by Crippen LogP contribution is -2.28. The maximum atomic E-state index is 12.8. The van der Waals surface area contributed by atoms with E-state index in [1.807, 2.05) is 0 Å². The summed E-state index contributed by atoms with van der Waals surface area (Å²) in [5.74, 6) is -0.364. The minimum Gasteiger partial charge on any atom is -0.349 e. The van der Waals surface area contributed by atoms with Crippen LogP contribution in [0.2, 0.25) is 0 Å². The molecule has 1 aromatic carbocycles. The molecule has 4 rings (SSSR count). The van der Waals surface area contributed by atoms with Crippen LogP contribution >= 0.6 is 0 Å². The van der Waals surface area contributed by atoms with Crippen LogP contribution in [-0.2, 0) is 13.1 Å². The molecule has 0 fully saturated rings. The van der Waals surface area contributed by atoms with E-state index in [0.717, 1.165) is 0 Å². The Kier molecular flexibility index (Phi) is 5.43. The molecule has 0 radical (unpaired) electrons. The topological polar surface area (TPSA) is 151 Å². The number of carbonyl (C=O) groups excluding carboxylic acids is 1. The van der Waals surface area contributed by atoms with Gasteiger partial charge in [0.2, 0.25) is 0 Å². The van der Waals surface area contributed by atoms with Crippen LogP contribution < -0.4 is 10.9 Å². The number of carbonyl (C=O) groups is 1. The first-order chi connectivity index (χ1) is 15.0.